The molecule has 5 heteroatoms. The van der Waals surface area contributed by atoms with Crippen molar-refractivity contribution in [2.45, 2.75) is 18.9 Å². The van der Waals surface area contributed by atoms with Crippen LogP contribution in [0, 0.1) is 0 Å². The molecule has 1 heterocycles. The van der Waals surface area contributed by atoms with Crippen LogP contribution in [0.5, 0.6) is 0 Å². The maximum atomic E-state index is 10.9. The van der Waals surface area contributed by atoms with Gasteiger partial charge in [0.05, 0.1) is 11.9 Å². The number of amides is 1. The van der Waals surface area contributed by atoms with Crippen molar-refractivity contribution >= 4 is 36.0 Å². The topological polar surface area (TPSA) is 46.3 Å². The molecule has 1 unspecified atom stereocenters. The van der Waals surface area contributed by atoms with Gasteiger partial charge in [0.1, 0.15) is 0 Å². The van der Waals surface area contributed by atoms with Crippen LogP contribution in [0.25, 0.3) is 0 Å². The van der Waals surface area contributed by atoms with E-state index in [-0.39, 0.29) is 11.9 Å². The molecule has 11 heavy (non-hydrogen) atoms. The normalized spacial score (nSPS) is 25.7. The summed E-state index contributed by atoms with van der Waals surface area (Å²) in [5.41, 5.74) is 5.23. The monoisotopic (exact) mass is 286 g/mol. The van der Waals surface area contributed by atoms with Gasteiger partial charge in [-0.15, -0.1) is 0 Å². The molecule has 64 valence electrons. The molecule has 1 amide bonds. The Morgan fingerprint density at radius 2 is 2.55 bits per heavy atom. The molecular weight excluding hydrogens is 275 g/mol. The van der Waals surface area contributed by atoms with E-state index < -0.39 is 0 Å². The van der Waals surface area contributed by atoms with E-state index in [1.54, 1.807) is 8.93 Å². The second-order valence-corrected chi connectivity index (χ2v) is 4.96. The van der Waals surface area contributed by atoms with Crippen molar-refractivity contribution in [3.63, 3.8) is 0 Å². The van der Waals surface area contributed by atoms with Gasteiger partial charge in [0.25, 0.3) is 0 Å². The van der Waals surface area contributed by atoms with Crippen molar-refractivity contribution in [1.82, 2.24) is 4.90 Å². The van der Waals surface area contributed by atoms with Crippen LogP contribution < -0.4 is 5.73 Å². The fourth-order valence-electron chi connectivity index (χ4n) is 1.37. The minimum absolute atomic E-state index is 0.00253. The van der Waals surface area contributed by atoms with Gasteiger partial charge in [0.2, 0.25) is 5.91 Å². The Balaban J connectivity index is 2.44. The zero-order valence-electron chi connectivity index (χ0n) is 6.12. The molecule has 0 aromatic heterocycles. The zero-order chi connectivity index (χ0) is 8.27. The van der Waals surface area contributed by atoms with Gasteiger partial charge in [0.15, 0.2) is 0 Å². The summed E-state index contributed by atoms with van der Waals surface area (Å²) >= 11 is 2.23. The largest absolute Gasteiger partial charge is 0.368 e. The quantitative estimate of drug-likeness (QED) is 0.787. The molecule has 0 bridgehead atoms. The second-order valence-electron chi connectivity index (χ2n) is 2.61. The summed E-state index contributed by atoms with van der Waals surface area (Å²) < 4.78 is 0. The lowest BCUT2D eigenvalue weighted by Gasteiger charge is -2.19. The molecule has 0 aromatic carbocycles. The van der Waals surface area contributed by atoms with Gasteiger partial charge in [-0.05, 0) is 40.6 Å². The van der Waals surface area contributed by atoms with Crippen molar-refractivity contribution in [3.05, 3.63) is 0 Å². The Hall–Kier alpha value is 0.510. The predicted octanol–water partition coefficient (Wildman–Crippen LogP) is 0.977. The van der Waals surface area contributed by atoms with Crippen LogP contribution >= 0.6 is 30.1 Å². The van der Waals surface area contributed by atoms with Gasteiger partial charge in [-0.25, -0.2) is 0 Å². The molecule has 0 saturated carbocycles. The van der Waals surface area contributed by atoms with Crippen molar-refractivity contribution in [2.24, 2.45) is 5.73 Å². The number of hydrogen-bond acceptors (Lipinski definition) is 3. The number of primary amides is 1. The number of nitrogens with zero attached hydrogens (tertiary/aromatic N) is 1. The van der Waals surface area contributed by atoms with Gasteiger partial charge in [-0.1, -0.05) is 8.93 Å². The standard InChI is InChI=1S/C6H11IN2OS/c7-11-4-9-3-1-2-5(9)6(8)10/h5H,1-4H2,(H2,8,10). The van der Waals surface area contributed by atoms with Crippen molar-refractivity contribution in [1.29, 1.82) is 0 Å². The van der Waals surface area contributed by atoms with Gasteiger partial charge in [-0.3, -0.25) is 9.69 Å². The fraction of sp³-hybridized carbons (Fsp3) is 0.833. The van der Waals surface area contributed by atoms with E-state index >= 15 is 0 Å². The summed E-state index contributed by atoms with van der Waals surface area (Å²) in [6, 6.07) is -0.00253. The van der Waals surface area contributed by atoms with Gasteiger partial charge in [0, 0.05) is 0 Å². The summed E-state index contributed by atoms with van der Waals surface area (Å²) in [5, 5.41) is 0. The highest BCUT2D eigenvalue weighted by Gasteiger charge is 2.28. The lowest BCUT2D eigenvalue weighted by atomic mass is 10.2. The van der Waals surface area contributed by atoms with Crippen molar-refractivity contribution in [3.8, 4) is 0 Å². The van der Waals surface area contributed by atoms with E-state index in [4.69, 9.17) is 5.73 Å². The molecule has 0 radical (unpaired) electrons. The van der Waals surface area contributed by atoms with E-state index in [0.29, 0.717) is 0 Å². The second kappa shape index (κ2) is 4.51. The first-order chi connectivity index (χ1) is 5.25. The Morgan fingerprint density at radius 3 is 3.09 bits per heavy atom. The molecule has 0 aliphatic carbocycles. The predicted molar refractivity (Wildman–Crippen MR) is 55.4 cm³/mol. The Morgan fingerprint density at radius 1 is 1.82 bits per heavy atom. The van der Waals surface area contributed by atoms with Crippen LogP contribution in [0.4, 0.5) is 0 Å². The van der Waals surface area contributed by atoms with Crippen molar-refractivity contribution < 1.29 is 4.79 Å². The molecule has 1 aliphatic rings. The number of nitrogens with two attached hydrogens (primary N) is 1. The lowest BCUT2D eigenvalue weighted by Crippen LogP contribution is -2.39. The summed E-state index contributed by atoms with van der Waals surface area (Å²) in [7, 11) is 1.71. The molecule has 0 aromatic rings. The van der Waals surface area contributed by atoms with Crippen LogP contribution in [0.15, 0.2) is 0 Å². The SMILES string of the molecule is NC(=O)C1CCCN1CSI. The van der Waals surface area contributed by atoms with Crippen molar-refractivity contribution in [2.75, 3.05) is 12.4 Å². The maximum absolute atomic E-state index is 10.9. The first kappa shape index (κ1) is 9.60. The highest BCUT2D eigenvalue weighted by molar-refractivity contribution is 14.2. The summed E-state index contributed by atoms with van der Waals surface area (Å²) in [5.74, 6) is 0.738. The molecular formula is C6H11IN2OS. The smallest absolute Gasteiger partial charge is 0.234 e. The molecule has 1 saturated heterocycles. The van der Waals surface area contributed by atoms with Crippen LogP contribution in [0.2, 0.25) is 0 Å². The number of likely N-dealkylation sites (tertiary alicyclic amines) is 1. The number of rotatable bonds is 3. The molecule has 1 fully saturated rings. The first-order valence-electron chi connectivity index (χ1n) is 3.52. The maximum Gasteiger partial charge on any atom is 0.234 e. The summed E-state index contributed by atoms with van der Waals surface area (Å²) in [4.78, 5) is 13.0. The molecule has 2 N–H and O–H groups in total. The molecule has 3 nitrogen and oxygen atoms in total. The molecule has 1 atom stereocenters. The van der Waals surface area contributed by atoms with Crippen LogP contribution in [-0.2, 0) is 4.79 Å². The average molecular weight is 286 g/mol. The van der Waals surface area contributed by atoms with Gasteiger partial charge >= 0.3 is 0 Å². The number of carbonyl (C=O) groups is 1. The van der Waals surface area contributed by atoms with Crippen LogP contribution in [0.3, 0.4) is 0 Å². The van der Waals surface area contributed by atoms with Gasteiger partial charge in [-0.2, -0.15) is 0 Å². The highest BCUT2D eigenvalue weighted by atomic mass is 127. The van der Waals surface area contributed by atoms with E-state index in [1.807, 2.05) is 0 Å². The Kier molecular flexibility index (Phi) is 3.94. The van der Waals surface area contributed by atoms with E-state index in [9.17, 15) is 4.79 Å². The van der Waals surface area contributed by atoms with E-state index in [1.165, 1.54) is 0 Å². The number of hydrogen-bond donors (Lipinski definition) is 1. The Labute approximate surface area is 82.7 Å². The molecule has 0 spiro atoms. The van der Waals surface area contributed by atoms with E-state index in [2.05, 4.69) is 26.1 Å². The van der Waals surface area contributed by atoms with E-state index in [0.717, 1.165) is 25.3 Å². The third-order valence-corrected chi connectivity index (χ3v) is 3.17. The third kappa shape index (κ3) is 2.48. The van der Waals surface area contributed by atoms with Crippen LogP contribution in [0.1, 0.15) is 12.8 Å². The molecule has 1 aliphatic heterocycles. The summed E-state index contributed by atoms with van der Waals surface area (Å²) in [6.07, 6.45) is 2.04. The Bertz CT molecular complexity index is 156. The van der Waals surface area contributed by atoms with Crippen LogP contribution in [-0.4, -0.2) is 29.3 Å². The minimum atomic E-state index is -0.173. The molecule has 1 rings (SSSR count). The average Bonchev–Trinajstić information content (AvgIpc) is 2.36. The number of halogens is 1. The first-order valence-corrected chi connectivity index (χ1v) is 7.05. The zero-order valence-corrected chi connectivity index (χ0v) is 9.10. The lowest BCUT2D eigenvalue weighted by molar-refractivity contribution is -0.121. The summed E-state index contributed by atoms with van der Waals surface area (Å²) in [6.45, 7) is 1.02. The number of carbonyl (C=O) groups excluding carboxylic acids is 1. The highest BCUT2D eigenvalue weighted by Crippen LogP contribution is 2.22. The minimum Gasteiger partial charge on any atom is -0.368 e. The fourth-order valence-corrected chi connectivity index (χ4v) is 2.87. The third-order valence-electron chi connectivity index (χ3n) is 1.91. The van der Waals surface area contributed by atoms with Gasteiger partial charge < -0.3 is 5.73 Å².